The second-order valence-electron chi connectivity index (χ2n) is 3.61. The molecule has 0 fully saturated rings. The standard InChI is InChI=1S/C12H16O3/c1-9(8-11(15-2)12(13)14)10-6-4-3-5-7-10/h3-7,9,11H,8H2,1-2H3,(H,13,14). The van der Waals surface area contributed by atoms with Crippen molar-refractivity contribution in [2.24, 2.45) is 0 Å². The number of carbonyl (C=O) groups is 1. The van der Waals surface area contributed by atoms with Crippen LogP contribution in [0.1, 0.15) is 24.8 Å². The summed E-state index contributed by atoms with van der Waals surface area (Å²) in [6.45, 7) is 2.00. The molecular weight excluding hydrogens is 192 g/mol. The number of hydrogen-bond donors (Lipinski definition) is 1. The molecule has 0 radical (unpaired) electrons. The fourth-order valence-corrected chi connectivity index (χ4v) is 1.54. The Bertz CT molecular complexity index is 308. The zero-order valence-electron chi connectivity index (χ0n) is 9.01. The molecule has 0 spiro atoms. The molecule has 1 N–H and O–H groups in total. The Morgan fingerprint density at radius 1 is 1.40 bits per heavy atom. The first-order valence-corrected chi connectivity index (χ1v) is 4.95. The highest BCUT2D eigenvalue weighted by atomic mass is 16.5. The lowest BCUT2D eigenvalue weighted by molar-refractivity contribution is -0.149. The number of hydrogen-bond acceptors (Lipinski definition) is 2. The number of benzene rings is 1. The molecule has 0 bridgehead atoms. The molecule has 15 heavy (non-hydrogen) atoms. The Hall–Kier alpha value is -1.35. The first-order chi connectivity index (χ1) is 7.15. The van der Waals surface area contributed by atoms with Crippen LogP contribution in [0.3, 0.4) is 0 Å². The van der Waals surface area contributed by atoms with Crippen molar-refractivity contribution in [3.63, 3.8) is 0 Å². The summed E-state index contributed by atoms with van der Waals surface area (Å²) in [5.41, 5.74) is 1.14. The van der Waals surface area contributed by atoms with Crippen LogP contribution in [0.4, 0.5) is 0 Å². The fourth-order valence-electron chi connectivity index (χ4n) is 1.54. The van der Waals surface area contributed by atoms with Crippen molar-refractivity contribution in [3.05, 3.63) is 35.9 Å². The molecule has 3 nitrogen and oxygen atoms in total. The van der Waals surface area contributed by atoms with Crippen molar-refractivity contribution in [2.75, 3.05) is 7.11 Å². The van der Waals surface area contributed by atoms with Crippen LogP contribution in [0.5, 0.6) is 0 Å². The highest BCUT2D eigenvalue weighted by Gasteiger charge is 2.20. The summed E-state index contributed by atoms with van der Waals surface area (Å²) in [4.78, 5) is 10.8. The van der Waals surface area contributed by atoms with Gasteiger partial charge >= 0.3 is 5.97 Å². The summed E-state index contributed by atoms with van der Waals surface area (Å²) < 4.78 is 4.90. The largest absolute Gasteiger partial charge is 0.479 e. The lowest BCUT2D eigenvalue weighted by atomic mass is 9.95. The molecule has 0 aliphatic heterocycles. The number of methoxy groups -OCH3 is 1. The summed E-state index contributed by atoms with van der Waals surface area (Å²) in [7, 11) is 1.43. The molecule has 3 heteroatoms. The quantitative estimate of drug-likeness (QED) is 0.807. The lowest BCUT2D eigenvalue weighted by Crippen LogP contribution is -2.24. The van der Waals surface area contributed by atoms with Gasteiger partial charge in [-0.2, -0.15) is 0 Å². The minimum absolute atomic E-state index is 0.187. The van der Waals surface area contributed by atoms with Crippen LogP contribution in [0.15, 0.2) is 30.3 Å². The van der Waals surface area contributed by atoms with E-state index >= 15 is 0 Å². The molecule has 1 rings (SSSR count). The van der Waals surface area contributed by atoms with Crippen molar-refractivity contribution in [1.82, 2.24) is 0 Å². The Morgan fingerprint density at radius 3 is 2.47 bits per heavy atom. The van der Waals surface area contributed by atoms with E-state index in [1.54, 1.807) is 0 Å². The van der Waals surface area contributed by atoms with Crippen LogP contribution in [0.2, 0.25) is 0 Å². The topological polar surface area (TPSA) is 46.5 Å². The van der Waals surface area contributed by atoms with Crippen LogP contribution in [-0.2, 0) is 9.53 Å². The van der Waals surface area contributed by atoms with Crippen LogP contribution < -0.4 is 0 Å². The van der Waals surface area contributed by atoms with E-state index in [0.717, 1.165) is 5.56 Å². The van der Waals surface area contributed by atoms with Gasteiger partial charge in [0.2, 0.25) is 0 Å². The molecule has 2 atom stereocenters. The van der Waals surface area contributed by atoms with Crippen molar-refractivity contribution in [1.29, 1.82) is 0 Å². The number of carboxylic acid groups (broad SMARTS) is 1. The van der Waals surface area contributed by atoms with E-state index in [2.05, 4.69) is 0 Å². The Balaban J connectivity index is 2.62. The van der Waals surface area contributed by atoms with Crippen LogP contribution in [0, 0.1) is 0 Å². The van der Waals surface area contributed by atoms with Crippen LogP contribution >= 0.6 is 0 Å². The zero-order chi connectivity index (χ0) is 11.3. The smallest absolute Gasteiger partial charge is 0.332 e. The van der Waals surface area contributed by atoms with Crippen molar-refractivity contribution < 1.29 is 14.6 Å². The summed E-state index contributed by atoms with van der Waals surface area (Å²) in [6, 6.07) is 9.85. The molecular formula is C12H16O3. The third-order valence-electron chi connectivity index (χ3n) is 2.50. The van der Waals surface area contributed by atoms with Gasteiger partial charge in [0.05, 0.1) is 0 Å². The third kappa shape index (κ3) is 3.36. The fraction of sp³-hybridized carbons (Fsp3) is 0.417. The van der Waals surface area contributed by atoms with E-state index in [4.69, 9.17) is 9.84 Å². The van der Waals surface area contributed by atoms with Crippen molar-refractivity contribution in [2.45, 2.75) is 25.4 Å². The van der Waals surface area contributed by atoms with Gasteiger partial charge in [-0.25, -0.2) is 4.79 Å². The molecule has 1 aromatic rings. The monoisotopic (exact) mass is 208 g/mol. The van der Waals surface area contributed by atoms with Gasteiger partial charge in [0, 0.05) is 7.11 Å². The molecule has 1 aromatic carbocycles. The molecule has 0 aromatic heterocycles. The first-order valence-electron chi connectivity index (χ1n) is 4.95. The summed E-state index contributed by atoms with van der Waals surface area (Å²) in [5.74, 6) is -0.715. The Labute approximate surface area is 89.7 Å². The molecule has 82 valence electrons. The molecule has 0 aliphatic carbocycles. The van der Waals surface area contributed by atoms with E-state index in [-0.39, 0.29) is 5.92 Å². The van der Waals surface area contributed by atoms with Gasteiger partial charge < -0.3 is 9.84 Å². The van der Waals surface area contributed by atoms with E-state index in [1.165, 1.54) is 7.11 Å². The maximum absolute atomic E-state index is 10.8. The van der Waals surface area contributed by atoms with Gasteiger partial charge in [-0.3, -0.25) is 0 Å². The van der Waals surface area contributed by atoms with E-state index < -0.39 is 12.1 Å². The average Bonchev–Trinajstić information content (AvgIpc) is 2.26. The van der Waals surface area contributed by atoms with Gasteiger partial charge in [0.15, 0.2) is 6.10 Å². The molecule has 2 unspecified atom stereocenters. The van der Waals surface area contributed by atoms with Gasteiger partial charge in [0.25, 0.3) is 0 Å². The van der Waals surface area contributed by atoms with E-state index in [9.17, 15) is 4.79 Å². The van der Waals surface area contributed by atoms with Crippen molar-refractivity contribution in [3.8, 4) is 0 Å². The normalized spacial score (nSPS) is 14.5. The van der Waals surface area contributed by atoms with Gasteiger partial charge in [-0.15, -0.1) is 0 Å². The number of ether oxygens (including phenoxy) is 1. The maximum Gasteiger partial charge on any atom is 0.332 e. The van der Waals surface area contributed by atoms with E-state index in [0.29, 0.717) is 6.42 Å². The molecule has 0 saturated heterocycles. The summed E-state index contributed by atoms with van der Waals surface area (Å²) in [6.07, 6.45) is -0.226. The molecule has 0 heterocycles. The first kappa shape index (κ1) is 11.7. The molecule has 0 saturated carbocycles. The second-order valence-corrected chi connectivity index (χ2v) is 3.61. The molecule has 0 amide bonds. The number of rotatable bonds is 5. The van der Waals surface area contributed by atoms with Gasteiger partial charge in [0.1, 0.15) is 0 Å². The minimum atomic E-state index is -0.903. The van der Waals surface area contributed by atoms with E-state index in [1.807, 2.05) is 37.3 Å². The Morgan fingerprint density at radius 2 is 2.00 bits per heavy atom. The predicted molar refractivity (Wildman–Crippen MR) is 57.9 cm³/mol. The van der Waals surface area contributed by atoms with Crippen molar-refractivity contribution >= 4 is 5.97 Å². The minimum Gasteiger partial charge on any atom is -0.479 e. The maximum atomic E-state index is 10.8. The zero-order valence-corrected chi connectivity index (χ0v) is 9.01. The molecule has 0 aliphatic rings. The van der Waals surface area contributed by atoms with Crippen LogP contribution in [0.25, 0.3) is 0 Å². The SMILES string of the molecule is COC(CC(C)c1ccccc1)C(=O)O. The predicted octanol–water partition coefficient (Wildman–Crippen LogP) is 2.28. The highest BCUT2D eigenvalue weighted by molar-refractivity contribution is 5.72. The van der Waals surface area contributed by atoms with Gasteiger partial charge in [-0.1, -0.05) is 37.3 Å². The average molecular weight is 208 g/mol. The van der Waals surface area contributed by atoms with Crippen LogP contribution in [-0.4, -0.2) is 24.3 Å². The third-order valence-corrected chi connectivity index (χ3v) is 2.50. The summed E-state index contributed by atoms with van der Waals surface area (Å²) >= 11 is 0. The highest BCUT2D eigenvalue weighted by Crippen LogP contribution is 2.21. The second kappa shape index (κ2) is 5.51. The summed E-state index contributed by atoms with van der Waals surface area (Å²) in [5, 5.41) is 8.84. The number of aliphatic carboxylic acids is 1. The van der Waals surface area contributed by atoms with Gasteiger partial charge in [-0.05, 0) is 17.9 Å². The lowest BCUT2D eigenvalue weighted by Gasteiger charge is -2.16. The number of carboxylic acids is 1. The Kier molecular flexibility index (Phi) is 4.31.